The Morgan fingerprint density at radius 2 is 1.84 bits per heavy atom. The van der Waals surface area contributed by atoms with Crippen LogP contribution in [-0.2, 0) is 0 Å². The highest BCUT2D eigenvalue weighted by molar-refractivity contribution is 5.20. The lowest BCUT2D eigenvalue weighted by Gasteiger charge is -2.56. The molecule has 0 spiro atoms. The maximum atomic E-state index is 2.61. The molecule has 0 radical (unpaired) electrons. The molecule has 0 nitrogen and oxygen atoms in total. The van der Waals surface area contributed by atoms with Crippen LogP contribution in [0.2, 0.25) is 0 Å². The van der Waals surface area contributed by atoms with Crippen molar-refractivity contribution in [1.82, 2.24) is 0 Å². The fourth-order valence-electron chi connectivity index (χ4n) is 7.40. The van der Waals surface area contributed by atoms with Crippen molar-refractivity contribution in [3.8, 4) is 0 Å². The molecule has 0 amide bonds. The first-order valence-corrected chi connectivity index (χ1v) is 11.5. The van der Waals surface area contributed by atoms with E-state index in [1.807, 2.05) is 0 Å². The number of allylic oxidation sites excluding steroid dienone is 2. The van der Waals surface area contributed by atoms with Crippen LogP contribution in [0.4, 0.5) is 0 Å². The van der Waals surface area contributed by atoms with Gasteiger partial charge >= 0.3 is 0 Å². The lowest BCUT2D eigenvalue weighted by molar-refractivity contribution is -0.0437. The van der Waals surface area contributed by atoms with E-state index in [1.54, 1.807) is 5.57 Å². The van der Waals surface area contributed by atoms with Gasteiger partial charge in [0.15, 0.2) is 0 Å². The standard InChI is InChI=1S/C25H44/c1-7-25-17-16-22-21(14-12-19(4)24(22,5)6)23(25)15-13-20(25)11-9-8-10-18(2)3/h12,18,20-23H,7-11,13-17H2,1-6H3/t20-,21+,22-,23-,25?/m0/s1. The first kappa shape index (κ1) is 19.5. The molecule has 0 bridgehead atoms. The Hall–Kier alpha value is -0.260. The molecule has 2 fully saturated rings. The Morgan fingerprint density at radius 3 is 2.52 bits per heavy atom. The second-order valence-electron chi connectivity index (χ2n) is 10.8. The van der Waals surface area contributed by atoms with Crippen LogP contribution in [0, 0.1) is 40.4 Å². The van der Waals surface area contributed by atoms with Crippen molar-refractivity contribution in [2.75, 3.05) is 0 Å². The van der Waals surface area contributed by atoms with Crippen LogP contribution in [0.3, 0.4) is 0 Å². The van der Waals surface area contributed by atoms with Gasteiger partial charge in [0.25, 0.3) is 0 Å². The maximum Gasteiger partial charge on any atom is -0.0116 e. The SMILES string of the molecule is CCC12CC[C@H]3[C@@H](CC=C(C)C3(C)C)[C@@H]1CC[C@@H]2CCCCC(C)C. The Labute approximate surface area is 158 Å². The zero-order valence-corrected chi connectivity index (χ0v) is 18.0. The maximum absolute atomic E-state index is 2.61. The van der Waals surface area contributed by atoms with Crippen molar-refractivity contribution in [2.45, 2.75) is 106 Å². The number of fused-ring (bicyclic) bond motifs is 3. The molecule has 0 heterocycles. The molecule has 3 rings (SSSR count). The first-order valence-electron chi connectivity index (χ1n) is 11.5. The van der Waals surface area contributed by atoms with Crippen LogP contribution in [0.15, 0.2) is 11.6 Å². The van der Waals surface area contributed by atoms with E-state index in [0.717, 1.165) is 29.6 Å². The predicted molar refractivity (Wildman–Crippen MR) is 111 cm³/mol. The molecule has 0 aromatic carbocycles. The second kappa shape index (κ2) is 7.40. The Bertz CT molecular complexity index is 482. The molecule has 0 aromatic rings. The summed E-state index contributed by atoms with van der Waals surface area (Å²) in [4.78, 5) is 0. The topological polar surface area (TPSA) is 0 Å². The molecule has 25 heavy (non-hydrogen) atoms. The van der Waals surface area contributed by atoms with E-state index >= 15 is 0 Å². The summed E-state index contributed by atoms with van der Waals surface area (Å²) in [6.45, 7) is 14.7. The summed E-state index contributed by atoms with van der Waals surface area (Å²) >= 11 is 0. The van der Waals surface area contributed by atoms with Crippen molar-refractivity contribution in [3.63, 3.8) is 0 Å². The third-order valence-corrected chi connectivity index (χ3v) is 9.21. The minimum atomic E-state index is 0.443. The Morgan fingerprint density at radius 1 is 1.08 bits per heavy atom. The second-order valence-corrected chi connectivity index (χ2v) is 10.8. The van der Waals surface area contributed by atoms with Crippen LogP contribution in [-0.4, -0.2) is 0 Å². The van der Waals surface area contributed by atoms with Crippen LogP contribution in [0.5, 0.6) is 0 Å². The van der Waals surface area contributed by atoms with E-state index in [4.69, 9.17) is 0 Å². The van der Waals surface area contributed by atoms with Gasteiger partial charge in [-0.2, -0.15) is 0 Å². The molecule has 144 valence electrons. The predicted octanol–water partition coefficient (Wildman–Crippen LogP) is 8.03. The molecular weight excluding hydrogens is 300 g/mol. The molecule has 3 aliphatic carbocycles. The normalized spacial score (nSPS) is 39.9. The first-order chi connectivity index (χ1) is 11.8. The van der Waals surface area contributed by atoms with Gasteiger partial charge in [-0.05, 0) is 92.3 Å². The molecule has 2 saturated carbocycles. The highest BCUT2D eigenvalue weighted by atomic mass is 14.6. The van der Waals surface area contributed by atoms with Gasteiger partial charge in [-0.1, -0.05) is 65.5 Å². The Balaban J connectivity index is 1.72. The number of hydrogen-bond donors (Lipinski definition) is 0. The van der Waals surface area contributed by atoms with Crippen LogP contribution in [0.1, 0.15) is 106 Å². The monoisotopic (exact) mass is 344 g/mol. The summed E-state index contributed by atoms with van der Waals surface area (Å²) in [6.07, 6.45) is 17.4. The van der Waals surface area contributed by atoms with Gasteiger partial charge in [0, 0.05) is 0 Å². The van der Waals surface area contributed by atoms with E-state index in [1.165, 1.54) is 64.2 Å². The molecule has 0 heteroatoms. The fourth-order valence-corrected chi connectivity index (χ4v) is 7.40. The van der Waals surface area contributed by atoms with Gasteiger partial charge in [-0.3, -0.25) is 0 Å². The fraction of sp³-hybridized carbons (Fsp3) is 0.920. The summed E-state index contributed by atoms with van der Waals surface area (Å²) in [5.74, 6) is 4.86. The van der Waals surface area contributed by atoms with Gasteiger partial charge in [-0.15, -0.1) is 0 Å². The molecule has 0 aliphatic heterocycles. The van der Waals surface area contributed by atoms with Gasteiger partial charge in [0.2, 0.25) is 0 Å². The smallest absolute Gasteiger partial charge is 0.0116 e. The van der Waals surface area contributed by atoms with Crippen molar-refractivity contribution >= 4 is 0 Å². The van der Waals surface area contributed by atoms with Crippen LogP contribution < -0.4 is 0 Å². The van der Waals surface area contributed by atoms with Crippen molar-refractivity contribution < 1.29 is 0 Å². The van der Waals surface area contributed by atoms with Gasteiger partial charge in [0.05, 0.1) is 0 Å². The van der Waals surface area contributed by atoms with E-state index in [0.29, 0.717) is 10.8 Å². The molecule has 0 N–H and O–H groups in total. The zero-order valence-electron chi connectivity index (χ0n) is 18.0. The third-order valence-electron chi connectivity index (χ3n) is 9.21. The van der Waals surface area contributed by atoms with Gasteiger partial charge in [-0.25, -0.2) is 0 Å². The molecule has 0 saturated heterocycles. The average molecular weight is 345 g/mol. The van der Waals surface area contributed by atoms with Crippen LogP contribution >= 0.6 is 0 Å². The summed E-state index contributed by atoms with van der Waals surface area (Å²) in [7, 11) is 0. The molecule has 3 aliphatic rings. The summed E-state index contributed by atoms with van der Waals surface area (Å²) in [5.41, 5.74) is 2.81. The number of rotatable bonds is 6. The van der Waals surface area contributed by atoms with Crippen molar-refractivity contribution in [3.05, 3.63) is 11.6 Å². The Kier molecular flexibility index (Phi) is 5.77. The van der Waals surface area contributed by atoms with Crippen LogP contribution in [0.25, 0.3) is 0 Å². The van der Waals surface area contributed by atoms with E-state index < -0.39 is 0 Å². The lowest BCUT2D eigenvalue weighted by Crippen LogP contribution is -2.48. The molecular formula is C25H44. The summed E-state index contributed by atoms with van der Waals surface area (Å²) < 4.78 is 0. The average Bonchev–Trinajstić information content (AvgIpc) is 2.94. The minimum absolute atomic E-state index is 0.443. The summed E-state index contributed by atoms with van der Waals surface area (Å²) in [5, 5.41) is 0. The molecule has 0 aromatic heterocycles. The minimum Gasteiger partial charge on any atom is -0.0848 e. The van der Waals surface area contributed by atoms with Gasteiger partial charge in [0.1, 0.15) is 0 Å². The largest absolute Gasteiger partial charge is 0.0848 e. The third kappa shape index (κ3) is 3.37. The number of hydrogen-bond acceptors (Lipinski definition) is 0. The van der Waals surface area contributed by atoms with Crippen molar-refractivity contribution in [1.29, 1.82) is 0 Å². The quantitative estimate of drug-likeness (QED) is 0.338. The summed E-state index contributed by atoms with van der Waals surface area (Å²) in [6, 6.07) is 0. The van der Waals surface area contributed by atoms with E-state index in [9.17, 15) is 0 Å². The molecule has 1 unspecified atom stereocenters. The molecule has 5 atom stereocenters. The number of unbranched alkanes of at least 4 members (excludes halogenated alkanes) is 1. The van der Waals surface area contributed by atoms with E-state index in [-0.39, 0.29) is 0 Å². The lowest BCUT2D eigenvalue weighted by atomic mass is 9.48. The van der Waals surface area contributed by atoms with Crippen molar-refractivity contribution in [2.24, 2.45) is 40.4 Å². The highest BCUT2D eigenvalue weighted by Crippen LogP contribution is 2.66. The zero-order chi connectivity index (χ0) is 18.2. The highest BCUT2D eigenvalue weighted by Gasteiger charge is 2.57. The van der Waals surface area contributed by atoms with E-state index in [2.05, 4.69) is 47.6 Å². The van der Waals surface area contributed by atoms with Gasteiger partial charge < -0.3 is 0 Å².